The van der Waals surface area contributed by atoms with E-state index in [-0.39, 0.29) is 12.3 Å². The second kappa shape index (κ2) is 5.55. The second-order valence-corrected chi connectivity index (χ2v) is 4.27. The van der Waals surface area contributed by atoms with Crippen molar-refractivity contribution in [3.05, 3.63) is 33.9 Å². The van der Waals surface area contributed by atoms with Crippen LogP contribution in [0.15, 0.2) is 18.2 Å². The molecule has 1 fully saturated rings. The molecule has 8 heteroatoms. The Labute approximate surface area is 114 Å². The Morgan fingerprint density at radius 3 is 2.85 bits per heavy atom. The lowest BCUT2D eigenvalue weighted by molar-refractivity contribution is -0.385. The van der Waals surface area contributed by atoms with Gasteiger partial charge in [-0.3, -0.25) is 19.8 Å². The van der Waals surface area contributed by atoms with E-state index in [9.17, 15) is 19.7 Å². The fourth-order valence-electron chi connectivity index (χ4n) is 1.86. The number of aryl methyl sites for hydroxylation is 1. The van der Waals surface area contributed by atoms with Gasteiger partial charge in [-0.15, -0.1) is 0 Å². The normalized spacial score (nSPS) is 14.1. The van der Waals surface area contributed by atoms with Crippen molar-refractivity contribution in [2.45, 2.75) is 6.92 Å². The van der Waals surface area contributed by atoms with Gasteiger partial charge in [-0.25, -0.2) is 4.79 Å². The summed E-state index contributed by atoms with van der Waals surface area (Å²) in [6.45, 7) is 2.05. The van der Waals surface area contributed by atoms with Crippen molar-refractivity contribution in [1.82, 2.24) is 10.2 Å². The molecule has 0 unspecified atom stereocenters. The molecule has 2 rings (SSSR count). The van der Waals surface area contributed by atoms with Crippen molar-refractivity contribution < 1.29 is 19.2 Å². The summed E-state index contributed by atoms with van der Waals surface area (Å²) in [5.74, 6) is -0.0999. The fraction of sp³-hybridized carbons (Fsp3) is 0.333. The number of nitrogens with zero attached hydrogens (tertiary/aromatic N) is 2. The maximum absolute atomic E-state index is 11.7. The van der Waals surface area contributed by atoms with E-state index in [4.69, 9.17) is 4.74 Å². The summed E-state index contributed by atoms with van der Waals surface area (Å²) >= 11 is 0. The predicted octanol–water partition coefficient (Wildman–Crippen LogP) is 0.834. The number of rotatable bonds is 4. The third kappa shape index (κ3) is 2.85. The average Bonchev–Trinajstić information content (AvgIpc) is 2.82. The lowest BCUT2D eigenvalue weighted by Crippen LogP contribution is -2.37. The largest absolute Gasteiger partial charge is 0.484 e. The SMILES string of the molecule is Cc1cc(OCC(=O)N2CCNC2=O)ccc1[N+](=O)[O-]. The highest BCUT2D eigenvalue weighted by Gasteiger charge is 2.26. The van der Waals surface area contributed by atoms with E-state index >= 15 is 0 Å². The molecule has 0 aliphatic carbocycles. The maximum Gasteiger partial charge on any atom is 0.324 e. The van der Waals surface area contributed by atoms with Gasteiger partial charge >= 0.3 is 6.03 Å². The zero-order chi connectivity index (χ0) is 14.7. The van der Waals surface area contributed by atoms with E-state index < -0.39 is 16.9 Å². The monoisotopic (exact) mass is 279 g/mol. The Balaban J connectivity index is 1.97. The number of carbonyl (C=O) groups excluding carboxylic acids is 2. The molecule has 1 aliphatic rings. The van der Waals surface area contributed by atoms with Crippen LogP contribution in [0.2, 0.25) is 0 Å². The molecule has 8 nitrogen and oxygen atoms in total. The molecule has 0 radical (unpaired) electrons. The fourth-order valence-corrected chi connectivity index (χ4v) is 1.86. The van der Waals surface area contributed by atoms with E-state index in [1.807, 2.05) is 0 Å². The van der Waals surface area contributed by atoms with Crippen molar-refractivity contribution in [3.8, 4) is 5.75 Å². The first kappa shape index (κ1) is 13.8. The summed E-state index contributed by atoms with van der Waals surface area (Å²) in [6.07, 6.45) is 0. The number of nitro benzene ring substituents is 1. The van der Waals surface area contributed by atoms with Gasteiger partial charge in [0.05, 0.1) is 4.92 Å². The van der Waals surface area contributed by atoms with E-state index in [0.29, 0.717) is 24.4 Å². The number of urea groups is 1. The summed E-state index contributed by atoms with van der Waals surface area (Å²) in [7, 11) is 0. The molecule has 20 heavy (non-hydrogen) atoms. The van der Waals surface area contributed by atoms with Crippen LogP contribution in [0.4, 0.5) is 10.5 Å². The molecule has 1 N–H and O–H groups in total. The quantitative estimate of drug-likeness (QED) is 0.649. The molecule has 3 amide bonds. The number of imide groups is 1. The molecule has 1 heterocycles. The predicted molar refractivity (Wildman–Crippen MR) is 68.4 cm³/mol. The number of amides is 3. The van der Waals surface area contributed by atoms with Crippen LogP contribution in [-0.4, -0.2) is 41.5 Å². The molecule has 0 bridgehead atoms. The number of hydrogen-bond donors (Lipinski definition) is 1. The van der Waals surface area contributed by atoms with E-state index in [1.165, 1.54) is 18.2 Å². The highest BCUT2D eigenvalue weighted by molar-refractivity contribution is 5.96. The van der Waals surface area contributed by atoms with Crippen LogP contribution in [-0.2, 0) is 4.79 Å². The van der Waals surface area contributed by atoms with Gasteiger partial charge in [0.25, 0.3) is 11.6 Å². The molecule has 1 aromatic rings. The summed E-state index contributed by atoms with van der Waals surface area (Å²) < 4.78 is 5.25. The second-order valence-electron chi connectivity index (χ2n) is 4.27. The standard InChI is InChI=1S/C12H13N3O5/c1-8-6-9(2-3-10(8)15(18)19)20-7-11(16)14-5-4-13-12(14)17/h2-3,6H,4-5,7H2,1H3,(H,13,17). The number of carbonyl (C=O) groups is 2. The average molecular weight is 279 g/mol. The molecular weight excluding hydrogens is 266 g/mol. The van der Waals surface area contributed by atoms with Crippen LogP contribution in [0, 0.1) is 17.0 Å². The minimum atomic E-state index is -0.487. The molecule has 1 saturated heterocycles. The van der Waals surface area contributed by atoms with Gasteiger partial charge in [0, 0.05) is 24.7 Å². The Morgan fingerprint density at radius 1 is 1.55 bits per heavy atom. The topological polar surface area (TPSA) is 102 Å². The van der Waals surface area contributed by atoms with Gasteiger partial charge in [-0.2, -0.15) is 0 Å². The molecular formula is C12H13N3O5. The van der Waals surface area contributed by atoms with Crippen LogP contribution < -0.4 is 10.1 Å². The number of nitrogens with one attached hydrogen (secondary N) is 1. The minimum absolute atomic E-state index is 0.0115. The Kier molecular flexibility index (Phi) is 3.83. The zero-order valence-electron chi connectivity index (χ0n) is 10.8. The van der Waals surface area contributed by atoms with E-state index in [1.54, 1.807) is 6.92 Å². The Bertz CT molecular complexity index is 572. The minimum Gasteiger partial charge on any atom is -0.484 e. The van der Waals surface area contributed by atoms with Gasteiger partial charge in [-0.1, -0.05) is 0 Å². The van der Waals surface area contributed by atoms with Crippen molar-refractivity contribution in [3.63, 3.8) is 0 Å². The molecule has 0 atom stereocenters. The van der Waals surface area contributed by atoms with Crippen molar-refractivity contribution in [2.75, 3.05) is 19.7 Å². The molecule has 106 valence electrons. The number of benzene rings is 1. The van der Waals surface area contributed by atoms with Crippen LogP contribution in [0.5, 0.6) is 5.75 Å². The van der Waals surface area contributed by atoms with E-state index in [2.05, 4.69) is 5.32 Å². The highest BCUT2D eigenvalue weighted by Crippen LogP contribution is 2.23. The first-order valence-electron chi connectivity index (χ1n) is 5.95. The Morgan fingerprint density at radius 2 is 2.30 bits per heavy atom. The molecule has 0 spiro atoms. The van der Waals surface area contributed by atoms with Crippen LogP contribution >= 0.6 is 0 Å². The summed E-state index contributed by atoms with van der Waals surface area (Å²) in [5.41, 5.74) is 0.432. The molecule has 0 saturated carbocycles. The third-order valence-electron chi connectivity index (χ3n) is 2.89. The van der Waals surface area contributed by atoms with Crippen LogP contribution in [0.1, 0.15) is 5.56 Å². The van der Waals surface area contributed by atoms with Crippen molar-refractivity contribution in [2.24, 2.45) is 0 Å². The van der Waals surface area contributed by atoms with Gasteiger partial charge in [0.15, 0.2) is 6.61 Å². The number of ether oxygens (including phenoxy) is 1. The highest BCUT2D eigenvalue weighted by atomic mass is 16.6. The first-order valence-corrected chi connectivity index (χ1v) is 5.95. The number of nitro groups is 1. The van der Waals surface area contributed by atoms with Gasteiger partial charge in [0.1, 0.15) is 5.75 Å². The smallest absolute Gasteiger partial charge is 0.324 e. The first-order chi connectivity index (χ1) is 9.49. The van der Waals surface area contributed by atoms with Gasteiger partial charge in [0.2, 0.25) is 0 Å². The lowest BCUT2D eigenvalue weighted by Gasteiger charge is -2.13. The van der Waals surface area contributed by atoms with Crippen LogP contribution in [0.25, 0.3) is 0 Å². The number of hydrogen-bond acceptors (Lipinski definition) is 5. The van der Waals surface area contributed by atoms with Crippen LogP contribution in [0.3, 0.4) is 0 Å². The van der Waals surface area contributed by atoms with Crippen molar-refractivity contribution in [1.29, 1.82) is 0 Å². The van der Waals surface area contributed by atoms with E-state index in [0.717, 1.165) is 4.90 Å². The van der Waals surface area contributed by atoms with Gasteiger partial charge < -0.3 is 10.1 Å². The maximum atomic E-state index is 11.7. The third-order valence-corrected chi connectivity index (χ3v) is 2.89. The summed E-state index contributed by atoms with van der Waals surface area (Å²) in [5, 5.41) is 13.2. The molecule has 1 aromatic carbocycles. The zero-order valence-corrected chi connectivity index (χ0v) is 10.8. The van der Waals surface area contributed by atoms with Crippen molar-refractivity contribution >= 4 is 17.6 Å². The Hall–Kier alpha value is -2.64. The lowest BCUT2D eigenvalue weighted by atomic mass is 10.2. The molecule has 0 aromatic heterocycles. The molecule has 1 aliphatic heterocycles. The van der Waals surface area contributed by atoms with Gasteiger partial charge in [-0.05, 0) is 19.1 Å². The summed E-state index contributed by atoms with van der Waals surface area (Å²) in [4.78, 5) is 34.2. The summed E-state index contributed by atoms with van der Waals surface area (Å²) in [6, 6.07) is 3.79.